The Balaban J connectivity index is 1.48. The van der Waals surface area contributed by atoms with Gasteiger partial charge < -0.3 is 14.7 Å². The van der Waals surface area contributed by atoms with Gasteiger partial charge in [-0.05, 0) is 30.3 Å². The minimum absolute atomic E-state index is 0.0566. The second-order valence-corrected chi connectivity index (χ2v) is 6.88. The molecular weight excluding hydrogens is 328 g/mol. The van der Waals surface area contributed by atoms with Gasteiger partial charge in [-0.15, -0.1) is 0 Å². The third-order valence-electron chi connectivity index (χ3n) is 5.05. The fourth-order valence-corrected chi connectivity index (χ4v) is 3.63. The van der Waals surface area contributed by atoms with Crippen molar-refractivity contribution < 1.29 is 18.6 Å². The zero-order valence-electron chi connectivity index (χ0n) is 13.2. The summed E-state index contributed by atoms with van der Waals surface area (Å²) in [6.45, 7) is 3.64. The molecule has 2 fully saturated rings. The number of aromatic nitrogens is 2. The summed E-state index contributed by atoms with van der Waals surface area (Å²) in [5.74, 6) is -2.99. The SMILES string of the molecule is Oc1c(F)cc2cnn(-c3ccc(N4CC5(COC5)C4)cc3)c2c1F. The number of aromatic hydroxyl groups is 1. The van der Waals surface area contributed by atoms with E-state index in [2.05, 4.69) is 10.00 Å². The molecule has 1 N–H and O–H groups in total. The molecule has 128 valence electrons. The maximum absolute atomic E-state index is 14.3. The topological polar surface area (TPSA) is 50.5 Å². The zero-order chi connectivity index (χ0) is 17.2. The molecule has 1 aromatic heterocycles. The highest BCUT2D eigenvalue weighted by molar-refractivity contribution is 5.82. The Labute approximate surface area is 142 Å². The van der Waals surface area contributed by atoms with Gasteiger partial charge in [0.2, 0.25) is 0 Å². The summed E-state index contributed by atoms with van der Waals surface area (Å²) in [4.78, 5) is 2.27. The van der Waals surface area contributed by atoms with E-state index in [-0.39, 0.29) is 5.52 Å². The molecule has 5 rings (SSSR count). The van der Waals surface area contributed by atoms with Crippen LogP contribution in [0.4, 0.5) is 14.5 Å². The van der Waals surface area contributed by atoms with Gasteiger partial charge in [-0.3, -0.25) is 0 Å². The van der Waals surface area contributed by atoms with Crippen LogP contribution in [-0.2, 0) is 4.74 Å². The highest BCUT2D eigenvalue weighted by Gasteiger charge is 2.48. The number of anilines is 1. The van der Waals surface area contributed by atoms with Crippen molar-refractivity contribution in [3.05, 3.63) is 48.2 Å². The van der Waals surface area contributed by atoms with E-state index in [1.165, 1.54) is 10.9 Å². The van der Waals surface area contributed by atoms with Crippen molar-refractivity contribution in [1.82, 2.24) is 9.78 Å². The summed E-state index contributed by atoms with van der Waals surface area (Å²) in [7, 11) is 0. The molecule has 0 aliphatic carbocycles. The number of nitrogens with zero attached hydrogens (tertiary/aromatic N) is 3. The predicted octanol–water partition coefficient (Wildman–Crippen LogP) is 2.85. The van der Waals surface area contributed by atoms with Crippen LogP contribution in [0.5, 0.6) is 5.75 Å². The van der Waals surface area contributed by atoms with Gasteiger partial charge in [0.05, 0.1) is 30.5 Å². The van der Waals surface area contributed by atoms with Crippen LogP contribution in [0, 0.1) is 17.0 Å². The van der Waals surface area contributed by atoms with E-state index in [0.717, 1.165) is 38.1 Å². The van der Waals surface area contributed by atoms with Crippen molar-refractivity contribution in [3.8, 4) is 11.4 Å². The molecule has 5 nitrogen and oxygen atoms in total. The minimum Gasteiger partial charge on any atom is -0.503 e. The summed E-state index contributed by atoms with van der Waals surface area (Å²) < 4.78 is 34.4. The van der Waals surface area contributed by atoms with E-state index >= 15 is 0 Å². The van der Waals surface area contributed by atoms with E-state index < -0.39 is 17.4 Å². The first-order valence-electron chi connectivity index (χ1n) is 8.04. The van der Waals surface area contributed by atoms with Crippen LogP contribution >= 0.6 is 0 Å². The second-order valence-electron chi connectivity index (χ2n) is 6.88. The number of fused-ring (bicyclic) bond motifs is 1. The Bertz CT molecular complexity index is 972. The summed E-state index contributed by atoms with van der Waals surface area (Å²) in [6.07, 6.45) is 1.38. The number of phenols is 1. The van der Waals surface area contributed by atoms with E-state index in [1.807, 2.05) is 24.3 Å². The Hall–Kier alpha value is -2.67. The van der Waals surface area contributed by atoms with Crippen molar-refractivity contribution >= 4 is 16.6 Å². The van der Waals surface area contributed by atoms with Crippen LogP contribution in [0.1, 0.15) is 0 Å². The summed E-state index contributed by atoms with van der Waals surface area (Å²) in [5, 5.41) is 13.9. The lowest BCUT2D eigenvalue weighted by atomic mass is 9.78. The minimum atomic E-state index is -1.01. The first-order chi connectivity index (χ1) is 12.1. The van der Waals surface area contributed by atoms with Crippen molar-refractivity contribution in [1.29, 1.82) is 0 Å². The van der Waals surface area contributed by atoms with E-state index in [0.29, 0.717) is 16.5 Å². The molecule has 0 amide bonds. The number of benzene rings is 2. The average molecular weight is 343 g/mol. The molecule has 0 bridgehead atoms. The predicted molar refractivity (Wildman–Crippen MR) is 88.1 cm³/mol. The van der Waals surface area contributed by atoms with Crippen LogP contribution in [0.2, 0.25) is 0 Å². The normalized spacial score (nSPS) is 18.4. The van der Waals surface area contributed by atoms with Gasteiger partial charge in [0.1, 0.15) is 5.52 Å². The molecule has 2 aliphatic heterocycles. The van der Waals surface area contributed by atoms with Gasteiger partial charge in [-0.25, -0.2) is 13.5 Å². The lowest BCUT2D eigenvalue weighted by Crippen LogP contribution is -2.66. The van der Waals surface area contributed by atoms with Gasteiger partial charge in [0, 0.05) is 24.2 Å². The fourth-order valence-electron chi connectivity index (χ4n) is 3.63. The third kappa shape index (κ3) is 2.05. The number of hydrogen-bond acceptors (Lipinski definition) is 4. The summed E-state index contributed by atoms with van der Waals surface area (Å²) in [6, 6.07) is 8.66. The zero-order valence-corrected chi connectivity index (χ0v) is 13.2. The molecular formula is C18H15F2N3O2. The van der Waals surface area contributed by atoms with Crippen molar-refractivity contribution in [2.75, 3.05) is 31.2 Å². The Morgan fingerprint density at radius 3 is 2.40 bits per heavy atom. The van der Waals surface area contributed by atoms with Crippen molar-refractivity contribution in [3.63, 3.8) is 0 Å². The molecule has 0 atom stereocenters. The molecule has 2 saturated heterocycles. The van der Waals surface area contributed by atoms with Gasteiger partial charge >= 0.3 is 0 Å². The molecule has 7 heteroatoms. The molecule has 25 heavy (non-hydrogen) atoms. The lowest BCUT2D eigenvalue weighted by Gasteiger charge is -2.56. The smallest absolute Gasteiger partial charge is 0.194 e. The second kappa shape index (κ2) is 4.92. The first-order valence-corrected chi connectivity index (χ1v) is 8.04. The number of halogens is 2. The van der Waals surface area contributed by atoms with E-state index in [1.54, 1.807) is 0 Å². The Morgan fingerprint density at radius 2 is 1.76 bits per heavy atom. The molecule has 0 saturated carbocycles. The number of phenolic OH excluding ortho intramolecular Hbond substituents is 1. The van der Waals surface area contributed by atoms with Gasteiger partial charge in [0.15, 0.2) is 17.4 Å². The molecule has 2 aromatic carbocycles. The highest BCUT2D eigenvalue weighted by Crippen LogP contribution is 2.40. The molecule has 3 aromatic rings. The lowest BCUT2D eigenvalue weighted by molar-refractivity contribution is -0.127. The number of hydrogen-bond donors (Lipinski definition) is 1. The number of ether oxygens (including phenoxy) is 1. The van der Waals surface area contributed by atoms with Gasteiger partial charge in [0.25, 0.3) is 0 Å². The quantitative estimate of drug-likeness (QED) is 0.777. The third-order valence-corrected chi connectivity index (χ3v) is 5.05. The van der Waals surface area contributed by atoms with Gasteiger partial charge in [-0.1, -0.05) is 0 Å². The van der Waals surface area contributed by atoms with Crippen LogP contribution in [-0.4, -0.2) is 41.2 Å². The maximum atomic E-state index is 14.3. The molecule has 2 aliphatic rings. The molecule has 0 radical (unpaired) electrons. The average Bonchev–Trinajstić information content (AvgIpc) is 2.94. The van der Waals surface area contributed by atoms with Crippen molar-refractivity contribution in [2.45, 2.75) is 0 Å². The fraction of sp³-hybridized carbons (Fsp3) is 0.278. The Kier molecular flexibility index (Phi) is 2.88. The summed E-state index contributed by atoms with van der Waals surface area (Å²) >= 11 is 0. The highest BCUT2D eigenvalue weighted by atomic mass is 19.1. The van der Waals surface area contributed by atoms with E-state index in [9.17, 15) is 13.9 Å². The van der Waals surface area contributed by atoms with Gasteiger partial charge in [-0.2, -0.15) is 5.10 Å². The first kappa shape index (κ1) is 14.7. The Morgan fingerprint density at radius 1 is 1.08 bits per heavy atom. The largest absolute Gasteiger partial charge is 0.503 e. The number of rotatable bonds is 2. The molecule has 0 unspecified atom stereocenters. The monoisotopic (exact) mass is 343 g/mol. The van der Waals surface area contributed by atoms with Crippen LogP contribution in [0.3, 0.4) is 0 Å². The van der Waals surface area contributed by atoms with E-state index in [4.69, 9.17) is 4.74 Å². The maximum Gasteiger partial charge on any atom is 0.194 e. The van der Waals surface area contributed by atoms with Crippen LogP contribution in [0.15, 0.2) is 36.5 Å². The molecule has 1 spiro atoms. The van der Waals surface area contributed by atoms with Crippen LogP contribution < -0.4 is 4.90 Å². The standard InChI is InChI=1S/C18H15F2N3O2/c19-14-5-11-6-21-23(16(11)15(20)17(14)24)13-3-1-12(2-4-13)22-7-18(8-22)9-25-10-18/h1-6,24H,7-10H2. The van der Waals surface area contributed by atoms with Crippen molar-refractivity contribution in [2.24, 2.45) is 5.41 Å². The van der Waals surface area contributed by atoms with Crippen LogP contribution in [0.25, 0.3) is 16.6 Å². The summed E-state index contributed by atoms with van der Waals surface area (Å²) in [5.41, 5.74) is 2.13. The molecule has 3 heterocycles.